The number of likely N-dealkylation sites (N-methyl/N-ethyl adjacent to an activating group) is 1. The lowest BCUT2D eigenvalue weighted by Crippen LogP contribution is -2.43. The zero-order valence-electron chi connectivity index (χ0n) is 10.9. The fourth-order valence-electron chi connectivity index (χ4n) is 2.41. The second-order valence-corrected chi connectivity index (χ2v) is 4.91. The van der Waals surface area contributed by atoms with Gasteiger partial charge in [-0.1, -0.05) is 18.5 Å². The molecular weight excluding hydrogens is 214 g/mol. The van der Waals surface area contributed by atoms with Gasteiger partial charge >= 0.3 is 0 Å². The number of aryl methyl sites for hydroxylation is 1. The highest BCUT2D eigenvalue weighted by atomic mass is 16.5. The summed E-state index contributed by atoms with van der Waals surface area (Å²) >= 11 is 0. The van der Waals surface area contributed by atoms with E-state index in [1.807, 2.05) is 13.0 Å². The maximum atomic E-state index is 5.27. The Morgan fingerprint density at radius 2 is 2.41 bits per heavy atom. The largest absolute Gasteiger partial charge is 0.360 e. The Bertz CT molecular complexity index is 331. The summed E-state index contributed by atoms with van der Waals surface area (Å²) in [5.41, 5.74) is 0.965. The third-order valence-corrected chi connectivity index (χ3v) is 3.39. The van der Waals surface area contributed by atoms with E-state index < -0.39 is 0 Å². The molecule has 17 heavy (non-hydrogen) atoms. The van der Waals surface area contributed by atoms with Crippen LogP contribution in [-0.4, -0.2) is 35.7 Å². The molecule has 4 heteroatoms. The molecule has 0 radical (unpaired) electrons. The molecule has 2 rings (SSSR count). The molecule has 0 amide bonds. The molecule has 0 bridgehead atoms. The van der Waals surface area contributed by atoms with Crippen molar-refractivity contribution in [1.82, 2.24) is 15.4 Å². The van der Waals surface area contributed by atoms with Gasteiger partial charge in [0, 0.05) is 18.7 Å². The fourth-order valence-corrected chi connectivity index (χ4v) is 2.41. The van der Waals surface area contributed by atoms with E-state index in [4.69, 9.17) is 4.52 Å². The summed E-state index contributed by atoms with van der Waals surface area (Å²) in [7, 11) is 0. The van der Waals surface area contributed by atoms with Gasteiger partial charge in [0.2, 0.25) is 0 Å². The van der Waals surface area contributed by atoms with Crippen LogP contribution in [0.15, 0.2) is 10.6 Å². The molecule has 1 fully saturated rings. The Balaban J connectivity index is 1.83. The number of aromatic nitrogens is 1. The summed E-state index contributed by atoms with van der Waals surface area (Å²) in [6, 6.07) is 2.67. The van der Waals surface area contributed by atoms with Crippen LogP contribution >= 0.6 is 0 Å². The van der Waals surface area contributed by atoms with Crippen molar-refractivity contribution in [2.75, 3.05) is 19.6 Å². The summed E-state index contributed by atoms with van der Waals surface area (Å²) in [4.78, 5) is 2.42. The molecule has 2 heterocycles. The number of nitrogens with one attached hydrogen (secondary N) is 1. The minimum absolute atomic E-state index is 0.646. The van der Waals surface area contributed by atoms with E-state index in [0.29, 0.717) is 6.04 Å². The molecule has 1 unspecified atom stereocenters. The van der Waals surface area contributed by atoms with Gasteiger partial charge in [-0.05, 0) is 32.9 Å². The Morgan fingerprint density at radius 3 is 3.00 bits per heavy atom. The van der Waals surface area contributed by atoms with Crippen LogP contribution in [0.2, 0.25) is 0 Å². The number of piperidine rings is 1. The lowest BCUT2D eigenvalue weighted by Gasteiger charge is -2.29. The monoisotopic (exact) mass is 237 g/mol. The standard InChI is InChI=1S/C13H23N3O/c1-3-16(9-12-6-4-5-7-14-12)10-13-8-11(2)15-17-13/h8,12,14H,3-7,9-10H2,1-2H3. The molecule has 0 saturated carbocycles. The van der Waals surface area contributed by atoms with Gasteiger partial charge in [-0.15, -0.1) is 0 Å². The Morgan fingerprint density at radius 1 is 1.53 bits per heavy atom. The first-order chi connectivity index (χ1) is 8.28. The van der Waals surface area contributed by atoms with Crippen LogP contribution in [0.4, 0.5) is 0 Å². The molecule has 96 valence electrons. The molecule has 1 N–H and O–H groups in total. The normalized spacial score (nSPS) is 21.0. The minimum atomic E-state index is 0.646. The van der Waals surface area contributed by atoms with Crippen LogP contribution in [0.5, 0.6) is 0 Å². The average Bonchev–Trinajstić information content (AvgIpc) is 2.75. The van der Waals surface area contributed by atoms with Crippen molar-refractivity contribution in [3.05, 3.63) is 17.5 Å². The molecule has 1 atom stereocenters. The SMILES string of the molecule is CCN(Cc1cc(C)no1)CC1CCCCN1. The van der Waals surface area contributed by atoms with E-state index in [0.717, 1.165) is 31.1 Å². The summed E-state index contributed by atoms with van der Waals surface area (Å²) in [6.07, 6.45) is 3.98. The van der Waals surface area contributed by atoms with Crippen molar-refractivity contribution in [3.8, 4) is 0 Å². The second kappa shape index (κ2) is 6.17. The Labute approximate surface area is 103 Å². The van der Waals surface area contributed by atoms with Crippen LogP contribution in [0.1, 0.15) is 37.6 Å². The van der Waals surface area contributed by atoms with Crippen molar-refractivity contribution in [1.29, 1.82) is 0 Å². The highest BCUT2D eigenvalue weighted by molar-refractivity contribution is 5.02. The van der Waals surface area contributed by atoms with Crippen LogP contribution in [0.25, 0.3) is 0 Å². The summed E-state index contributed by atoms with van der Waals surface area (Å²) < 4.78 is 5.27. The number of hydrogen-bond acceptors (Lipinski definition) is 4. The van der Waals surface area contributed by atoms with Crippen molar-refractivity contribution < 1.29 is 4.52 Å². The molecule has 4 nitrogen and oxygen atoms in total. The van der Waals surface area contributed by atoms with Gasteiger partial charge in [0.25, 0.3) is 0 Å². The van der Waals surface area contributed by atoms with E-state index in [1.165, 1.54) is 25.8 Å². The van der Waals surface area contributed by atoms with E-state index in [9.17, 15) is 0 Å². The van der Waals surface area contributed by atoms with Crippen molar-refractivity contribution in [2.24, 2.45) is 0 Å². The zero-order valence-corrected chi connectivity index (χ0v) is 10.9. The number of nitrogens with zero attached hydrogens (tertiary/aromatic N) is 2. The van der Waals surface area contributed by atoms with Crippen molar-refractivity contribution >= 4 is 0 Å². The molecule has 0 aromatic carbocycles. The fraction of sp³-hybridized carbons (Fsp3) is 0.769. The van der Waals surface area contributed by atoms with Crippen LogP contribution < -0.4 is 5.32 Å². The topological polar surface area (TPSA) is 41.3 Å². The summed E-state index contributed by atoms with van der Waals surface area (Å²) in [6.45, 7) is 8.37. The molecule has 1 aromatic heterocycles. The maximum Gasteiger partial charge on any atom is 0.150 e. The molecule has 1 aliphatic rings. The first-order valence-corrected chi connectivity index (χ1v) is 6.66. The lowest BCUT2D eigenvalue weighted by molar-refractivity contribution is 0.204. The highest BCUT2D eigenvalue weighted by Gasteiger charge is 2.16. The zero-order chi connectivity index (χ0) is 12.1. The van der Waals surface area contributed by atoms with Gasteiger partial charge in [0.15, 0.2) is 5.76 Å². The molecule has 1 saturated heterocycles. The Hall–Kier alpha value is -0.870. The third kappa shape index (κ3) is 3.82. The van der Waals surface area contributed by atoms with E-state index in [2.05, 4.69) is 22.3 Å². The molecule has 0 aliphatic carbocycles. The van der Waals surface area contributed by atoms with Crippen molar-refractivity contribution in [3.63, 3.8) is 0 Å². The summed E-state index contributed by atoms with van der Waals surface area (Å²) in [5.74, 6) is 0.972. The maximum absolute atomic E-state index is 5.27. The molecule has 1 aliphatic heterocycles. The quantitative estimate of drug-likeness (QED) is 0.850. The third-order valence-electron chi connectivity index (χ3n) is 3.39. The minimum Gasteiger partial charge on any atom is -0.360 e. The van der Waals surface area contributed by atoms with E-state index >= 15 is 0 Å². The van der Waals surface area contributed by atoms with Gasteiger partial charge in [-0.25, -0.2) is 0 Å². The highest BCUT2D eigenvalue weighted by Crippen LogP contribution is 2.11. The van der Waals surface area contributed by atoms with E-state index in [-0.39, 0.29) is 0 Å². The molecule has 1 aromatic rings. The van der Waals surface area contributed by atoms with Gasteiger partial charge in [0.05, 0.1) is 12.2 Å². The summed E-state index contributed by atoms with van der Waals surface area (Å²) in [5, 5.41) is 7.52. The van der Waals surface area contributed by atoms with Crippen LogP contribution in [0.3, 0.4) is 0 Å². The average molecular weight is 237 g/mol. The van der Waals surface area contributed by atoms with Gasteiger partial charge < -0.3 is 9.84 Å². The van der Waals surface area contributed by atoms with Crippen molar-refractivity contribution in [2.45, 2.75) is 45.7 Å². The lowest BCUT2D eigenvalue weighted by atomic mass is 10.0. The van der Waals surface area contributed by atoms with Gasteiger partial charge in [-0.2, -0.15) is 0 Å². The van der Waals surface area contributed by atoms with Crippen LogP contribution in [0, 0.1) is 6.92 Å². The van der Waals surface area contributed by atoms with Crippen LogP contribution in [-0.2, 0) is 6.54 Å². The Kier molecular flexibility index (Phi) is 4.57. The molecular formula is C13H23N3O. The number of rotatable bonds is 5. The second-order valence-electron chi connectivity index (χ2n) is 4.91. The van der Waals surface area contributed by atoms with Gasteiger partial charge in [-0.3, -0.25) is 4.90 Å². The predicted octanol–water partition coefficient (Wildman–Crippen LogP) is 1.95. The first-order valence-electron chi connectivity index (χ1n) is 6.66. The van der Waals surface area contributed by atoms with Gasteiger partial charge in [0.1, 0.15) is 0 Å². The first kappa shape index (κ1) is 12.6. The molecule has 0 spiro atoms. The number of hydrogen-bond donors (Lipinski definition) is 1. The smallest absolute Gasteiger partial charge is 0.150 e. The predicted molar refractivity (Wildman–Crippen MR) is 67.8 cm³/mol. The van der Waals surface area contributed by atoms with E-state index in [1.54, 1.807) is 0 Å².